The Morgan fingerprint density at radius 3 is 2.51 bits per heavy atom. The molecule has 0 aromatic carbocycles. The summed E-state index contributed by atoms with van der Waals surface area (Å²) in [7, 11) is 1.97. The molecule has 3 heterocycles. The van der Waals surface area contributed by atoms with Crippen LogP contribution < -0.4 is 5.32 Å². The summed E-state index contributed by atoms with van der Waals surface area (Å²) in [6.07, 6.45) is 3.81. The van der Waals surface area contributed by atoms with E-state index in [-0.39, 0.29) is 30.5 Å². The number of likely N-dealkylation sites (N-methyl/N-ethyl adjacent to an activating group) is 1. The van der Waals surface area contributed by atoms with Crippen LogP contribution in [0, 0.1) is 18.8 Å². The molecule has 196 valence electrons. The van der Waals surface area contributed by atoms with Gasteiger partial charge in [0.25, 0.3) is 5.92 Å². The molecule has 0 spiro atoms. The van der Waals surface area contributed by atoms with E-state index < -0.39 is 12.0 Å². The second-order valence-electron chi connectivity index (χ2n) is 11.6. The summed E-state index contributed by atoms with van der Waals surface area (Å²) < 4.78 is 35.5. The summed E-state index contributed by atoms with van der Waals surface area (Å²) in [6, 6.07) is -1.15. The number of aryl methyl sites for hydroxylation is 1. The van der Waals surface area contributed by atoms with Crippen molar-refractivity contribution in [1.29, 1.82) is 0 Å². The van der Waals surface area contributed by atoms with Crippen LogP contribution in [0.25, 0.3) is 0 Å². The maximum absolute atomic E-state index is 15.2. The number of halogens is 2. The van der Waals surface area contributed by atoms with E-state index in [2.05, 4.69) is 39.1 Å². The first-order chi connectivity index (χ1) is 16.6. The maximum Gasteiger partial charge on any atom is 0.317 e. The summed E-state index contributed by atoms with van der Waals surface area (Å²) in [4.78, 5) is 23.9. The van der Waals surface area contributed by atoms with Crippen molar-refractivity contribution in [2.75, 3.05) is 33.2 Å². The number of carbonyl (C=O) groups is 1. The molecule has 6 atom stereocenters. The molecule has 2 aliphatic carbocycles. The van der Waals surface area contributed by atoms with Gasteiger partial charge in [-0.2, -0.15) is 4.98 Å². The SMILES string of the molecule is Cc1nc(C2C[C@@H]3CN(C(=O)N[C@@H]4[C@@H](N(C)[C@H]5CCN(C(C)C)C5)CCCC4(F)F)C[C@@H]3C2)no1. The highest BCUT2D eigenvalue weighted by Crippen LogP contribution is 2.45. The first-order valence-electron chi connectivity index (χ1n) is 13.3. The van der Waals surface area contributed by atoms with E-state index in [4.69, 9.17) is 4.52 Å². The Morgan fingerprint density at radius 2 is 1.91 bits per heavy atom. The largest absolute Gasteiger partial charge is 0.340 e. The molecule has 2 amide bonds. The summed E-state index contributed by atoms with van der Waals surface area (Å²) in [5.74, 6) is -0.611. The van der Waals surface area contributed by atoms with E-state index in [1.54, 1.807) is 11.8 Å². The fourth-order valence-corrected chi connectivity index (χ4v) is 7.01. The summed E-state index contributed by atoms with van der Waals surface area (Å²) >= 11 is 0. The Bertz CT molecular complexity index is 896. The average Bonchev–Trinajstić information content (AvgIpc) is 3.57. The van der Waals surface area contributed by atoms with Crippen LogP contribution in [0.2, 0.25) is 0 Å². The Balaban J connectivity index is 1.21. The third-order valence-electron chi connectivity index (χ3n) is 9.10. The highest BCUT2D eigenvalue weighted by atomic mass is 19.3. The zero-order chi connectivity index (χ0) is 24.9. The lowest BCUT2D eigenvalue weighted by atomic mass is 9.85. The zero-order valence-corrected chi connectivity index (χ0v) is 21.4. The molecule has 2 aliphatic heterocycles. The molecule has 2 saturated heterocycles. The summed E-state index contributed by atoms with van der Waals surface area (Å²) in [6.45, 7) is 9.25. The van der Waals surface area contributed by atoms with Crippen molar-refractivity contribution in [3.05, 3.63) is 11.7 Å². The average molecular weight is 495 g/mol. The van der Waals surface area contributed by atoms with E-state index >= 15 is 8.78 Å². The standard InChI is InChI=1S/C25H40F2N6O2/c1-15(2)32-9-7-20(14-32)31(4)21-6-5-8-25(26,27)22(21)29-24(34)33-12-18-10-17(11-19(18)13-33)23-28-16(3)35-30-23/h15,17-22H,5-14H2,1-4H3,(H,29,34)/t17?,18-,19+,20-,21-,22+/m0/s1. The fourth-order valence-electron chi connectivity index (χ4n) is 7.01. The number of hydrogen-bond donors (Lipinski definition) is 1. The van der Waals surface area contributed by atoms with Crippen LogP contribution in [0.3, 0.4) is 0 Å². The zero-order valence-electron chi connectivity index (χ0n) is 21.4. The Morgan fingerprint density at radius 1 is 1.20 bits per heavy atom. The molecule has 0 radical (unpaired) electrons. The van der Waals surface area contributed by atoms with Crippen LogP contribution in [-0.2, 0) is 0 Å². The highest BCUT2D eigenvalue weighted by Gasteiger charge is 2.51. The second-order valence-corrected chi connectivity index (χ2v) is 11.6. The van der Waals surface area contributed by atoms with Gasteiger partial charge in [0.05, 0.1) is 0 Å². The van der Waals surface area contributed by atoms with Crippen LogP contribution in [0.1, 0.15) is 70.0 Å². The van der Waals surface area contributed by atoms with Gasteiger partial charge in [-0.15, -0.1) is 0 Å². The molecule has 10 heteroatoms. The molecule has 1 unspecified atom stereocenters. The van der Waals surface area contributed by atoms with Crippen molar-refractivity contribution in [1.82, 2.24) is 30.2 Å². The van der Waals surface area contributed by atoms with Gasteiger partial charge in [-0.1, -0.05) is 5.16 Å². The van der Waals surface area contributed by atoms with Crippen LogP contribution in [0.15, 0.2) is 4.52 Å². The van der Waals surface area contributed by atoms with Gasteiger partial charge in [-0.05, 0) is 64.8 Å². The number of carbonyl (C=O) groups excluding carboxylic acids is 1. The minimum atomic E-state index is -2.90. The lowest BCUT2D eigenvalue weighted by Gasteiger charge is -2.45. The lowest BCUT2D eigenvalue weighted by molar-refractivity contribution is -0.0931. The normalized spacial score (nSPS) is 35.3. The Hall–Kier alpha value is -1.81. The van der Waals surface area contributed by atoms with Crippen LogP contribution in [0.4, 0.5) is 13.6 Å². The predicted molar refractivity (Wildman–Crippen MR) is 127 cm³/mol. The number of nitrogens with zero attached hydrogens (tertiary/aromatic N) is 5. The smallest absolute Gasteiger partial charge is 0.317 e. The van der Waals surface area contributed by atoms with Gasteiger partial charge >= 0.3 is 6.03 Å². The van der Waals surface area contributed by atoms with Crippen molar-refractivity contribution >= 4 is 6.03 Å². The number of urea groups is 1. The van der Waals surface area contributed by atoms with Crippen molar-refractivity contribution in [2.24, 2.45) is 11.8 Å². The minimum absolute atomic E-state index is 0.165. The molecule has 1 N–H and O–H groups in total. The Labute approximate surface area is 206 Å². The number of aromatic nitrogens is 2. The first kappa shape index (κ1) is 24.9. The highest BCUT2D eigenvalue weighted by molar-refractivity contribution is 5.75. The molecule has 2 saturated carbocycles. The number of amides is 2. The fraction of sp³-hybridized carbons (Fsp3) is 0.880. The summed E-state index contributed by atoms with van der Waals surface area (Å²) in [5, 5.41) is 6.89. The summed E-state index contributed by atoms with van der Waals surface area (Å²) in [5.41, 5.74) is 0. The second kappa shape index (κ2) is 9.57. The quantitative estimate of drug-likeness (QED) is 0.675. The molecule has 1 aromatic rings. The topological polar surface area (TPSA) is 77.7 Å². The molecule has 8 nitrogen and oxygen atoms in total. The third kappa shape index (κ3) is 4.92. The molecule has 4 aliphatic rings. The molecular weight excluding hydrogens is 454 g/mol. The van der Waals surface area contributed by atoms with Gasteiger partial charge in [0.2, 0.25) is 5.89 Å². The van der Waals surface area contributed by atoms with Gasteiger partial charge in [-0.3, -0.25) is 9.80 Å². The van der Waals surface area contributed by atoms with Crippen LogP contribution in [0.5, 0.6) is 0 Å². The van der Waals surface area contributed by atoms with Gasteiger partial charge in [0.1, 0.15) is 6.04 Å². The number of likely N-dealkylation sites (tertiary alicyclic amines) is 2. The molecule has 5 rings (SSSR count). The molecule has 1 aromatic heterocycles. The maximum atomic E-state index is 15.2. The van der Waals surface area contributed by atoms with Crippen molar-refractivity contribution in [2.45, 2.75) is 95.3 Å². The molecule has 35 heavy (non-hydrogen) atoms. The molecule has 4 fully saturated rings. The molecule has 0 bridgehead atoms. The van der Waals surface area contributed by atoms with E-state index in [0.29, 0.717) is 49.7 Å². The Kier molecular flexibility index (Phi) is 6.80. The number of hydrogen-bond acceptors (Lipinski definition) is 6. The van der Waals surface area contributed by atoms with E-state index in [1.807, 2.05) is 7.05 Å². The first-order valence-corrected chi connectivity index (χ1v) is 13.3. The van der Waals surface area contributed by atoms with E-state index in [0.717, 1.165) is 38.2 Å². The number of fused-ring (bicyclic) bond motifs is 1. The number of alkyl halides is 2. The predicted octanol–water partition coefficient (Wildman–Crippen LogP) is 3.48. The van der Waals surface area contributed by atoms with Gasteiger partial charge in [0, 0.05) is 63.6 Å². The third-order valence-corrected chi connectivity index (χ3v) is 9.10. The lowest BCUT2D eigenvalue weighted by Crippen LogP contribution is -2.64. The van der Waals surface area contributed by atoms with E-state index in [1.165, 1.54) is 0 Å². The van der Waals surface area contributed by atoms with Gasteiger partial charge < -0.3 is 14.7 Å². The van der Waals surface area contributed by atoms with Crippen molar-refractivity contribution in [3.8, 4) is 0 Å². The van der Waals surface area contributed by atoms with Crippen molar-refractivity contribution < 1.29 is 18.1 Å². The minimum Gasteiger partial charge on any atom is -0.340 e. The monoisotopic (exact) mass is 494 g/mol. The molecular formula is C25H40F2N6O2. The van der Waals surface area contributed by atoms with Gasteiger partial charge in [0.15, 0.2) is 5.82 Å². The number of rotatable bonds is 5. The van der Waals surface area contributed by atoms with E-state index in [9.17, 15) is 4.79 Å². The van der Waals surface area contributed by atoms with Crippen LogP contribution in [-0.4, -0.2) is 94.2 Å². The number of nitrogens with one attached hydrogen (secondary N) is 1. The van der Waals surface area contributed by atoms with Crippen molar-refractivity contribution in [3.63, 3.8) is 0 Å². The van der Waals surface area contributed by atoms with Crippen LogP contribution >= 0.6 is 0 Å². The van der Waals surface area contributed by atoms with Gasteiger partial charge in [-0.25, -0.2) is 13.6 Å².